The van der Waals surface area contributed by atoms with Gasteiger partial charge in [-0.3, -0.25) is 9.59 Å². The van der Waals surface area contributed by atoms with Crippen LogP contribution in [0.3, 0.4) is 0 Å². The number of anilines is 2. The Hall–Kier alpha value is -2.90. The molecule has 0 bridgehead atoms. The predicted molar refractivity (Wildman–Crippen MR) is 107 cm³/mol. The first-order valence-corrected chi connectivity index (χ1v) is 9.32. The maximum absolute atomic E-state index is 12.7. The summed E-state index contributed by atoms with van der Waals surface area (Å²) in [5, 5.41) is 7.60. The van der Waals surface area contributed by atoms with Crippen molar-refractivity contribution in [2.45, 2.75) is 13.5 Å². The number of carbonyl (C=O) groups is 2. The number of aromatic nitrogens is 1. The van der Waals surface area contributed by atoms with Gasteiger partial charge in [-0.05, 0) is 30.3 Å². The lowest BCUT2D eigenvalue weighted by atomic mass is 10.1. The highest BCUT2D eigenvalue weighted by Crippen LogP contribution is 2.27. The summed E-state index contributed by atoms with van der Waals surface area (Å²) >= 11 is 7.69. The number of para-hydroxylation sites is 1. The van der Waals surface area contributed by atoms with Crippen molar-refractivity contribution in [3.8, 4) is 5.75 Å². The summed E-state index contributed by atoms with van der Waals surface area (Å²) < 4.78 is 5.74. The summed E-state index contributed by atoms with van der Waals surface area (Å²) in [4.78, 5) is 28.0. The van der Waals surface area contributed by atoms with Crippen LogP contribution in [0.1, 0.15) is 23.0 Å². The number of carbonyl (C=O) groups excluding carboxylic acids is 2. The Bertz CT molecular complexity index is 961. The fourth-order valence-electron chi connectivity index (χ4n) is 2.33. The maximum atomic E-state index is 12.7. The SMILES string of the molecule is CC(=O)Nc1ccc(NC(=O)c2ccccc2OCc2cscn2)c(Cl)c1. The van der Waals surface area contributed by atoms with Crippen LogP contribution in [0.15, 0.2) is 53.4 Å². The maximum Gasteiger partial charge on any atom is 0.259 e. The molecule has 0 unspecified atom stereocenters. The first-order chi connectivity index (χ1) is 13.0. The van der Waals surface area contributed by atoms with E-state index in [2.05, 4.69) is 15.6 Å². The van der Waals surface area contributed by atoms with Gasteiger partial charge in [-0.25, -0.2) is 4.98 Å². The smallest absolute Gasteiger partial charge is 0.259 e. The number of benzene rings is 2. The minimum Gasteiger partial charge on any atom is -0.486 e. The summed E-state index contributed by atoms with van der Waals surface area (Å²) in [6.07, 6.45) is 0. The number of nitrogens with one attached hydrogen (secondary N) is 2. The molecule has 1 aromatic heterocycles. The second-order valence-electron chi connectivity index (χ2n) is 5.59. The van der Waals surface area contributed by atoms with Crippen LogP contribution in [0.5, 0.6) is 5.75 Å². The molecule has 27 heavy (non-hydrogen) atoms. The van der Waals surface area contributed by atoms with Crippen molar-refractivity contribution in [1.82, 2.24) is 4.98 Å². The van der Waals surface area contributed by atoms with E-state index in [4.69, 9.17) is 16.3 Å². The van der Waals surface area contributed by atoms with Crippen molar-refractivity contribution < 1.29 is 14.3 Å². The molecule has 2 amide bonds. The molecule has 0 atom stereocenters. The van der Waals surface area contributed by atoms with Gasteiger partial charge in [0.25, 0.3) is 5.91 Å². The fourth-order valence-corrected chi connectivity index (χ4v) is 3.10. The molecule has 2 aromatic carbocycles. The van der Waals surface area contributed by atoms with E-state index in [0.29, 0.717) is 27.7 Å². The van der Waals surface area contributed by atoms with E-state index in [-0.39, 0.29) is 18.4 Å². The molecule has 3 aromatic rings. The van der Waals surface area contributed by atoms with E-state index in [1.54, 1.807) is 48.0 Å². The number of halogens is 1. The second-order valence-corrected chi connectivity index (χ2v) is 6.72. The second kappa shape index (κ2) is 8.66. The molecule has 8 heteroatoms. The molecule has 0 saturated heterocycles. The number of nitrogens with zero attached hydrogens (tertiary/aromatic N) is 1. The Labute approximate surface area is 165 Å². The first kappa shape index (κ1) is 18.9. The molecular weight excluding hydrogens is 386 g/mol. The van der Waals surface area contributed by atoms with E-state index in [1.807, 2.05) is 5.38 Å². The predicted octanol–water partition coefficient (Wildman–Crippen LogP) is 4.59. The van der Waals surface area contributed by atoms with Crippen LogP contribution in [0.4, 0.5) is 11.4 Å². The molecule has 0 aliphatic rings. The molecule has 3 rings (SSSR count). The zero-order chi connectivity index (χ0) is 19.2. The summed E-state index contributed by atoms with van der Waals surface area (Å²) in [5.74, 6) is -0.0962. The standard InChI is InChI=1S/C19H16ClN3O3S/c1-12(24)22-13-6-7-17(16(20)8-13)23-19(25)15-4-2-3-5-18(15)26-9-14-10-27-11-21-14/h2-8,10-11H,9H2,1H3,(H,22,24)(H,23,25). The Kier molecular flexibility index (Phi) is 6.05. The van der Waals surface area contributed by atoms with E-state index in [0.717, 1.165) is 5.69 Å². The van der Waals surface area contributed by atoms with Crippen LogP contribution in [0.2, 0.25) is 5.02 Å². The molecule has 1 heterocycles. The van der Waals surface area contributed by atoms with Crippen molar-refractivity contribution in [1.29, 1.82) is 0 Å². The van der Waals surface area contributed by atoms with Crippen LogP contribution < -0.4 is 15.4 Å². The van der Waals surface area contributed by atoms with E-state index < -0.39 is 0 Å². The largest absolute Gasteiger partial charge is 0.486 e. The van der Waals surface area contributed by atoms with Crippen LogP contribution in [0, 0.1) is 0 Å². The van der Waals surface area contributed by atoms with E-state index in [1.165, 1.54) is 18.3 Å². The lowest BCUT2D eigenvalue weighted by Crippen LogP contribution is -2.14. The van der Waals surface area contributed by atoms with Gasteiger partial charge in [0.15, 0.2) is 0 Å². The third-order valence-electron chi connectivity index (χ3n) is 3.53. The van der Waals surface area contributed by atoms with Crippen molar-refractivity contribution in [2.75, 3.05) is 10.6 Å². The zero-order valence-corrected chi connectivity index (χ0v) is 15.9. The molecule has 0 spiro atoms. The average Bonchev–Trinajstić information content (AvgIpc) is 3.15. The van der Waals surface area contributed by atoms with Gasteiger partial charge < -0.3 is 15.4 Å². The topological polar surface area (TPSA) is 80.3 Å². The van der Waals surface area contributed by atoms with Crippen LogP contribution in [-0.2, 0) is 11.4 Å². The fraction of sp³-hybridized carbons (Fsp3) is 0.105. The number of rotatable bonds is 6. The Morgan fingerprint density at radius 2 is 2.00 bits per heavy atom. The van der Waals surface area contributed by atoms with Gasteiger partial charge in [-0.2, -0.15) is 0 Å². The Morgan fingerprint density at radius 1 is 1.19 bits per heavy atom. The lowest BCUT2D eigenvalue weighted by Gasteiger charge is -2.12. The highest BCUT2D eigenvalue weighted by atomic mass is 35.5. The normalized spacial score (nSPS) is 10.3. The van der Waals surface area contributed by atoms with Crippen molar-refractivity contribution in [3.05, 3.63) is 69.6 Å². The number of hydrogen-bond donors (Lipinski definition) is 2. The Balaban J connectivity index is 1.73. The van der Waals surface area contributed by atoms with Gasteiger partial charge in [0.05, 0.1) is 27.5 Å². The van der Waals surface area contributed by atoms with E-state index >= 15 is 0 Å². The molecule has 0 aliphatic heterocycles. The van der Waals surface area contributed by atoms with Crippen LogP contribution in [0.25, 0.3) is 0 Å². The van der Waals surface area contributed by atoms with Gasteiger partial charge in [0.1, 0.15) is 12.4 Å². The number of hydrogen-bond acceptors (Lipinski definition) is 5. The molecule has 0 aliphatic carbocycles. The average molecular weight is 402 g/mol. The molecule has 0 radical (unpaired) electrons. The third-order valence-corrected chi connectivity index (χ3v) is 4.48. The molecule has 138 valence electrons. The number of ether oxygens (including phenoxy) is 1. The molecule has 6 nitrogen and oxygen atoms in total. The molecule has 0 fully saturated rings. The summed E-state index contributed by atoms with van der Waals surface area (Å²) in [7, 11) is 0. The summed E-state index contributed by atoms with van der Waals surface area (Å²) in [6, 6.07) is 11.8. The monoisotopic (exact) mass is 401 g/mol. The zero-order valence-electron chi connectivity index (χ0n) is 14.4. The summed E-state index contributed by atoms with van der Waals surface area (Å²) in [5.41, 5.74) is 3.90. The van der Waals surface area contributed by atoms with Crippen molar-refractivity contribution in [3.63, 3.8) is 0 Å². The minimum absolute atomic E-state index is 0.200. The van der Waals surface area contributed by atoms with Gasteiger partial charge >= 0.3 is 0 Å². The van der Waals surface area contributed by atoms with Gasteiger partial charge in [-0.1, -0.05) is 23.7 Å². The van der Waals surface area contributed by atoms with Crippen molar-refractivity contribution >= 4 is 46.1 Å². The quantitative estimate of drug-likeness (QED) is 0.633. The van der Waals surface area contributed by atoms with Crippen LogP contribution in [-0.4, -0.2) is 16.8 Å². The van der Waals surface area contributed by atoms with E-state index in [9.17, 15) is 9.59 Å². The highest BCUT2D eigenvalue weighted by Gasteiger charge is 2.14. The van der Waals surface area contributed by atoms with Crippen molar-refractivity contribution in [2.24, 2.45) is 0 Å². The number of amides is 2. The van der Waals surface area contributed by atoms with Crippen LogP contribution >= 0.6 is 22.9 Å². The third kappa shape index (κ3) is 5.06. The Morgan fingerprint density at radius 3 is 2.70 bits per heavy atom. The number of thiazole rings is 1. The lowest BCUT2D eigenvalue weighted by molar-refractivity contribution is -0.114. The molecule has 0 saturated carbocycles. The summed E-state index contributed by atoms with van der Waals surface area (Å²) in [6.45, 7) is 1.69. The van der Waals surface area contributed by atoms with Gasteiger partial charge in [0, 0.05) is 18.0 Å². The molecule has 2 N–H and O–H groups in total. The minimum atomic E-state index is -0.349. The highest BCUT2D eigenvalue weighted by molar-refractivity contribution is 7.07. The van der Waals surface area contributed by atoms with Gasteiger partial charge in [-0.15, -0.1) is 11.3 Å². The van der Waals surface area contributed by atoms with Gasteiger partial charge in [0.2, 0.25) is 5.91 Å². The molecular formula is C19H16ClN3O3S. The first-order valence-electron chi connectivity index (χ1n) is 8.00.